The summed E-state index contributed by atoms with van der Waals surface area (Å²) < 4.78 is 40.8. The van der Waals surface area contributed by atoms with Crippen molar-refractivity contribution in [1.82, 2.24) is 0 Å². The number of hydrogen-bond donors (Lipinski definition) is 2. The SMILES string of the molecule is COC(C)(C)C(=O)Nc1cc(F)ccc1S(N)(=O)=O. The summed E-state index contributed by atoms with van der Waals surface area (Å²) in [7, 11) is -2.75. The number of sulfonamides is 1. The summed E-state index contributed by atoms with van der Waals surface area (Å²) >= 11 is 0. The number of anilines is 1. The number of benzene rings is 1. The van der Waals surface area contributed by atoms with Crippen LogP contribution in [0.15, 0.2) is 23.1 Å². The molecule has 0 aliphatic heterocycles. The van der Waals surface area contributed by atoms with E-state index in [1.807, 2.05) is 0 Å². The largest absolute Gasteiger partial charge is 0.369 e. The van der Waals surface area contributed by atoms with Gasteiger partial charge in [-0.25, -0.2) is 17.9 Å². The Morgan fingerprint density at radius 1 is 1.42 bits per heavy atom. The highest BCUT2D eigenvalue weighted by atomic mass is 32.2. The van der Waals surface area contributed by atoms with Gasteiger partial charge in [0.25, 0.3) is 5.91 Å². The highest BCUT2D eigenvalue weighted by Crippen LogP contribution is 2.23. The maximum atomic E-state index is 13.1. The van der Waals surface area contributed by atoms with Crippen molar-refractivity contribution in [2.24, 2.45) is 5.14 Å². The Morgan fingerprint density at radius 2 is 2.00 bits per heavy atom. The van der Waals surface area contributed by atoms with E-state index in [-0.39, 0.29) is 10.6 Å². The lowest BCUT2D eigenvalue weighted by Crippen LogP contribution is -2.39. The Hall–Kier alpha value is -1.51. The Balaban J connectivity index is 3.21. The maximum absolute atomic E-state index is 13.1. The first-order valence-corrected chi connectivity index (χ1v) is 6.81. The molecule has 19 heavy (non-hydrogen) atoms. The minimum atomic E-state index is -4.07. The van der Waals surface area contributed by atoms with Gasteiger partial charge in [0.1, 0.15) is 16.3 Å². The summed E-state index contributed by atoms with van der Waals surface area (Å²) in [5, 5.41) is 7.28. The Bertz CT molecular complexity index is 599. The van der Waals surface area contributed by atoms with E-state index in [0.29, 0.717) is 0 Å². The van der Waals surface area contributed by atoms with Gasteiger partial charge in [0.2, 0.25) is 10.0 Å². The lowest BCUT2D eigenvalue weighted by atomic mass is 10.1. The van der Waals surface area contributed by atoms with Gasteiger partial charge in [0, 0.05) is 7.11 Å². The molecule has 0 aliphatic carbocycles. The van der Waals surface area contributed by atoms with Crippen LogP contribution in [0.1, 0.15) is 13.8 Å². The number of nitrogens with two attached hydrogens (primary N) is 1. The van der Waals surface area contributed by atoms with Crippen LogP contribution in [0.5, 0.6) is 0 Å². The predicted molar refractivity (Wildman–Crippen MR) is 67.5 cm³/mol. The molecule has 0 unspecified atom stereocenters. The molecule has 1 aromatic rings. The first-order chi connectivity index (χ1) is 8.58. The molecule has 8 heteroatoms. The van der Waals surface area contributed by atoms with Crippen LogP contribution in [0.4, 0.5) is 10.1 Å². The molecule has 0 fully saturated rings. The van der Waals surface area contributed by atoms with Gasteiger partial charge < -0.3 is 10.1 Å². The number of primary sulfonamides is 1. The number of ether oxygens (including phenoxy) is 1. The normalized spacial score (nSPS) is 12.3. The zero-order valence-electron chi connectivity index (χ0n) is 10.7. The van der Waals surface area contributed by atoms with E-state index >= 15 is 0 Å². The molecule has 1 aromatic carbocycles. The minimum Gasteiger partial charge on any atom is -0.369 e. The second-order valence-electron chi connectivity index (χ2n) is 4.35. The Labute approximate surface area is 110 Å². The van der Waals surface area contributed by atoms with Gasteiger partial charge >= 0.3 is 0 Å². The van der Waals surface area contributed by atoms with Crippen LogP contribution in [0.3, 0.4) is 0 Å². The van der Waals surface area contributed by atoms with Crippen LogP contribution >= 0.6 is 0 Å². The number of nitrogens with one attached hydrogen (secondary N) is 1. The highest BCUT2D eigenvalue weighted by molar-refractivity contribution is 7.89. The van der Waals surface area contributed by atoms with Crippen LogP contribution in [-0.4, -0.2) is 27.0 Å². The monoisotopic (exact) mass is 290 g/mol. The molecule has 0 saturated heterocycles. The molecule has 0 aliphatic rings. The number of amides is 1. The molecule has 0 spiro atoms. The second-order valence-corrected chi connectivity index (χ2v) is 5.88. The molecule has 0 aromatic heterocycles. The fraction of sp³-hybridized carbons (Fsp3) is 0.364. The lowest BCUT2D eigenvalue weighted by molar-refractivity contribution is -0.133. The van der Waals surface area contributed by atoms with Crippen molar-refractivity contribution < 1.29 is 22.3 Å². The zero-order valence-corrected chi connectivity index (χ0v) is 11.5. The molecule has 0 radical (unpaired) electrons. The summed E-state index contributed by atoms with van der Waals surface area (Å²) in [6.07, 6.45) is 0. The van der Waals surface area contributed by atoms with Crippen molar-refractivity contribution in [2.75, 3.05) is 12.4 Å². The molecule has 0 heterocycles. The van der Waals surface area contributed by atoms with Crippen LogP contribution in [0, 0.1) is 5.82 Å². The summed E-state index contributed by atoms with van der Waals surface area (Å²) in [4.78, 5) is 11.5. The number of methoxy groups -OCH3 is 1. The Kier molecular flexibility index (Phi) is 4.28. The van der Waals surface area contributed by atoms with Gasteiger partial charge in [-0.15, -0.1) is 0 Å². The number of hydrogen-bond acceptors (Lipinski definition) is 4. The number of halogens is 1. The number of carbonyl (C=O) groups excluding carboxylic acids is 1. The molecule has 106 valence electrons. The van der Waals surface area contributed by atoms with Gasteiger partial charge in [-0.3, -0.25) is 4.79 Å². The van der Waals surface area contributed by atoms with E-state index in [9.17, 15) is 17.6 Å². The van der Waals surface area contributed by atoms with E-state index in [0.717, 1.165) is 18.2 Å². The van der Waals surface area contributed by atoms with Crippen molar-refractivity contribution in [2.45, 2.75) is 24.3 Å². The van der Waals surface area contributed by atoms with Crippen molar-refractivity contribution in [1.29, 1.82) is 0 Å². The van der Waals surface area contributed by atoms with Gasteiger partial charge in [0.15, 0.2) is 0 Å². The van der Waals surface area contributed by atoms with E-state index in [1.54, 1.807) is 0 Å². The fourth-order valence-corrected chi connectivity index (χ4v) is 1.89. The van der Waals surface area contributed by atoms with E-state index in [1.165, 1.54) is 21.0 Å². The van der Waals surface area contributed by atoms with Gasteiger partial charge in [-0.05, 0) is 32.0 Å². The molecule has 6 nitrogen and oxygen atoms in total. The maximum Gasteiger partial charge on any atom is 0.256 e. The quantitative estimate of drug-likeness (QED) is 0.858. The minimum absolute atomic E-state index is 0.224. The average Bonchev–Trinajstić information content (AvgIpc) is 2.27. The molecular formula is C11H15FN2O4S. The molecule has 1 rings (SSSR count). The first-order valence-electron chi connectivity index (χ1n) is 5.27. The van der Waals surface area contributed by atoms with Crippen LogP contribution < -0.4 is 10.5 Å². The standard InChI is InChI=1S/C11H15FN2O4S/c1-11(2,18-3)10(15)14-8-6-7(12)4-5-9(8)19(13,16)17/h4-6H,1-3H3,(H,14,15)(H2,13,16,17). The van der Waals surface area contributed by atoms with E-state index in [4.69, 9.17) is 9.88 Å². The second kappa shape index (κ2) is 5.24. The van der Waals surface area contributed by atoms with Crippen LogP contribution in [0.25, 0.3) is 0 Å². The molecule has 0 atom stereocenters. The average molecular weight is 290 g/mol. The van der Waals surface area contributed by atoms with Gasteiger partial charge in [-0.1, -0.05) is 0 Å². The summed E-state index contributed by atoms with van der Waals surface area (Å²) in [5.74, 6) is -1.32. The summed E-state index contributed by atoms with van der Waals surface area (Å²) in [6, 6.07) is 2.81. The molecule has 0 saturated carbocycles. The lowest BCUT2D eigenvalue weighted by Gasteiger charge is -2.22. The topological polar surface area (TPSA) is 98.5 Å². The smallest absolute Gasteiger partial charge is 0.256 e. The summed E-state index contributed by atoms with van der Waals surface area (Å²) in [5.41, 5.74) is -1.42. The van der Waals surface area contributed by atoms with Gasteiger partial charge in [-0.2, -0.15) is 0 Å². The zero-order chi connectivity index (χ0) is 14.8. The molecular weight excluding hydrogens is 275 g/mol. The highest BCUT2D eigenvalue weighted by Gasteiger charge is 2.28. The fourth-order valence-electron chi connectivity index (χ4n) is 1.21. The Morgan fingerprint density at radius 3 is 2.47 bits per heavy atom. The third-order valence-electron chi connectivity index (χ3n) is 2.55. The van der Waals surface area contributed by atoms with Gasteiger partial charge in [0.05, 0.1) is 5.69 Å². The van der Waals surface area contributed by atoms with Crippen molar-refractivity contribution in [3.8, 4) is 0 Å². The van der Waals surface area contributed by atoms with Crippen LogP contribution in [0.2, 0.25) is 0 Å². The molecule has 0 bridgehead atoms. The van der Waals surface area contributed by atoms with E-state index in [2.05, 4.69) is 5.32 Å². The number of carbonyl (C=O) groups is 1. The predicted octanol–water partition coefficient (Wildman–Crippen LogP) is 0.837. The number of rotatable bonds is 4. The van der Waals surface area contributed by atoms with Crippen molar-refractivity contribution in [3.05, 3.63) is 24.0 Å². The molecule has 1 amide bonds. The van der Waals surface area contributed by atoms with E-state index < -0.39 is 27.3 Å². The molecule has 3 N–H and O–H groups in total. The third-order valence-corrected chi connectivity index (χ3v) is 3.52. The summed E-state index contributed by atoms with van der Waals surface area (Å²) in [6.45, 7) is 2.97. The first kappa shape index (κ1) is 15.5. The van der Waals surface area contributed by atoms with Crippen LogP contribution in [-0.2, 0) is 19.6 Å². The third kappa shape index (κ3) is 3.72. The van der Waals surface area contributed by atoms with Crippen molar-refractivity contribution >= 4 is 21.6 Å². The van der Waals surface area contributed by atoms with Crippen molar-refractivity contribution in [3.63, 3.8) is 0 Å².